The summed E-state index contributed by atoms with van der Waals surface area (Å²) in [6.45, 7) is 5.33. The molecule has 0 spiro atoms. The first-order valence-electron chi connectivity index (χ1n) is 6.32. The van der Waals surface area contributed by atoms with E-state index in [9.17, 15) is 13.2 Å². The molecule has 8 heteroatoms. The van der Waals surface area contributed by atoms with Crippen molar-refractivity contribution in [1.29, 1.82) is 0 Å². The molecule has 1 N–H and O–H groups in total. The lowest BCUT2D eigenvalue weighted by Gasteiger charge is -2.09. The Kier molecular flexibility index (Phi) is 6.93. The molecule has 1 aromatic carbocycles. The highest BCUT2D eigenvalue weighted by molar-refractivity contribution is 8.13. The van der Waals surface area contributed by atoms with Gasteiger partial charge in [-0.15, -0.1) is 0 Å². The number of hydrogen-bond donors (Lipinski definition) is 1. The van der Waals surface area contributed by atoms with Crippen LogP contribution >= 0.6 is 22.3 Å². The van der Waals surface area contributed by atoms with Crippen LogP contribution in [-0.2, 0) is 13.8 Å². The van der Waals surface area contributed by atoms with Crippen molar-refractivity contribution in [3.8, 4) is 0 Å². The standard InChI is InChI=1S/C13H17Cl2NO4S/c1-9(2)8-20-6-5-16-13(17)11-7-10(21(15,18)19)3-4-12(11)14/h3-4,7,9H,5-6,8H2,1-2H3,(H,16,17). The molecule has 0 aliphatic rings. The number of nitrogens with one attached hydrogen (secondary N) is 1. The lowest BCUT2D eigenvalue weighted by atomic mass is 10.2. The van der Waals surface area contributed by atoms with Gasteiger partial charge >= 0.3 is 0 Å². The molecule has 1 amide bonds. The largest absolute Gasteiger partial charge is 0.379 e. The highest BCUT2D eigenvalue weighted by atomic mass is 35.7. The molecule has 1 aromatic rings. The number of ether oxygens (including phenoxy) is 1. The van der Waals surface area contributed by atoms with Crippen molar-refractivity contribution in [2.45, 2.75) is 18.7 Å². The van der Waals surface area contributed by atoms with Crippen molar-refractivity contribution in [3.05, 3.63) is 28.8 Å². The van der Waals surface area contributed by atoms with Crippen molar-refractivity contribution in [2.75, 3.05) is 19.8 Å². The Bertz CT molecular complexity index is 602. The molecule has 21 heavy (non-hydrogen) atoms. The molecule has 0 saturated carbocycles. The number of hydrogen-bond acceptors (Lipinski definition) is 4. The molecule has 5 nitrogen and oxygen atoms in total. The first-order valence-corrected chi connectivity index (χ1v) is 9.00. The summed E-state index contributed by atoms with van der Waals surface area (Å²) in [4.78, 5) is 11.8. The van der Waals surface area contributed by atoms with Crippen LogP contribution in [0.3, 0.4) is 0 Å². The third-order valence-corrected chi connectivity index (χ3v) is 4.13. The minimum atomic E-state index is -3.91. The normalized spacial score (nSPS) is 11.7. The topological polar surface area (TPSA) is 72.5 Å². The van der Waals surface area contributed by atoms with Gasteiger partial charge in [0.25, 0.3) is 15.0 Å². The zero-order valence-electron chi connectivity index (χ0n) is 11.7. The second kappa shape index (κ2) is 7.98. The van der Waals surface area contributed by atoms with Crippen LogP contribution in [0.1, 0.15) is 24.2 Å². The molecule has 0 aliphatic carbocycles. The van der Waals surface area contributed by atoms with Crippen LogP contribution in [0.4, 0.5) is 0 Å². The van der Waals surface area contributed by atoms with E-state index in [4.69, 9.17) is 27.0 Å². The first kappa shape index (κ1) is 18.2. The van der Waals surface area contributed by atoms with Crippen molar-refractivity contribution in [3.63, 3.8) is 0 Å². The molecule has 118 valence electrons. The van der Waals surface area contributed by atoms with Gasteiger partial charge in [-0.05, 0) is 24.1 Å². The quantitative estimate of drug-likeness (QED) is 0.604. The lowest BCUT2D eigenvalue weighted by molar-refractivity contribution is 0.0886. The number of carbonyl (C=O) groups is 1. The van der Waals surface area contributed by atoms with Gasteiger partial charge in [0, 0.05) is 23.8 Å². The van der Waals surface area contributed by atoms with Crippen LogP contribution in [0.5, 0.6) is 0 Å². The lowest BCUT2D eigenvalue weighted by Crippen LogP contribution is -2.28. The second-order valence-electron chi connectivity index (χ2n) is 4.80. The number of halogens is 2. The van der Waals surface area contributed by atoms with E-state index in [-0.39, 0.29) is 15.5 Å². The molecule has 0 atom stereocenters. The van der Waals surface area contributed by atoms with E-state index in [0.717, 1.165) is 6.07 Å². The van der Waals surface area contributed by atoms with E-state index in [1.54, 1.807) is 0 Å². The Hall–Kier alpha value is -0.820. The smallest absolute Gasteiger partial charge is 0.261 e. The van der Waals surface area contributed by atoms with Gasteiger partial charge in [-0.25, -0.2) is 8.42 Å². The van der Waals surface area contributed by atoms with E-state index < -0.39 is 15.0 Å². The molecule has 0 fully saturated rings. The van der Waals surface area contributed by atoms with Crippen LogP contribution < -0.4 is 5.32 Å². The van der Waals surface area contributed by atoms with E-state index in [1.807, 2.05) is 13.8 Å². The van der Waals surface area contributed by atoms with Gasteiger partial charge in [0.15, 0.2) is 0 Å². The number of benzene rings is 1. The Morgan fingerprint density at radius 3 is 2.62 bits per heavy atom. The highest BCUT2D eigenvalue weighted by Gasteiger charge is 2.16. The minimum absolute atomic E-state index is 0.0576. The fourth-order valence-corrected chi connectivity index (χ4v) is 2.46. The van der Waals surface area contributed by atoms with Crippen molar-refractivity contribution in [1.82, 2.24) is 5.32 Å². The summed E-state index contributed by atoms with van der Waals surface area (Å²) in [5.41, 5.74) is 0.0576. The molecular formula is C13H17Cl2NO4S. The van der Waals surface area contributed by atoms with Crippen LogP contribution in [-0.4, -0.2) is 34.1 Å². The number of amides is 1. The molecular weight excluding hydrogens is 337 g/mol. The average molecular weight is 354 g/mol. The van der Waals surface area contributed by atoms with Gasteiger partial charge in [-0.2, -0.15) is 0 Å². The maximum absolute atomic E-state index is 12.0. The van der Waals surface area contributed by atoms with E-state index in [2.05, 4.69) is 5.32 Å². The number of rotatable bonds is 7. The molecule has 0 saturated heterocycles. The summed E-state index contributed by atoms with van der Waals surface area (Å²) in [6.07, 6.45) is 0. The Morgan fingerprint density at radius 2 is 2.05 bits per heavy atom. The number of carbonyl (C=O) groups excluding carboxylic acids is 1. The fourth-order valence-electron chi connectivity index (χ4n) is 1.48. The van der Waals surface area contributed by atoms with E-state index in [1.165, 1.54) is 12.1 Å². The molecule has 1 rings (SSSR count). The zero-order chi connectivity index (χ0) is 16.0. The minimum Gasteiger partial charge on any atom is -0.379 e. The van der Waals surface area contributed by atoms with Gasteiger partial charge in [-0.1, -0.05) is 25.4 Å². The van der Waals surface area contributed by atoms with Crippen LogP contribution in [0.25, 0.3) is 0 Å². The van der Waals surface area contributed by atoms with Gasteiger partial charge in [0.1, 0.15) is 0 Å². The molecule has 0 radical (unpaired) electrons. The van der Waals surface area contributed by atoms with Gasteiger partial charge in [0.05, 0.1) is 22.1 Å². The molecule has 0 aromatic heterocycles. The van der Waals surface area contributed by atoms with Crippen LogP contribution in [0, 0.1) is 5.92 Å². The summed E-state index contributed by atoms with van der Waals surface area (Å²) in [7, 11) is 1.33. The van der Waals surface area contributed by atoms with Crippen LogP contribution in [0.15, 0.2) is 23.1 Å². The Balaban J connectivity index is 2.66. The SMILES string of the molecule is CC(C)COCCNC(=O)c1cc(S(=O)(=O)Cl)ccc1Cl. The summed E-state index contributed by atoms with van der Waals surface area (Å²) >= 11 is 5.89. The predicted molar refractivity (Wildman–Crippen MR) is 82.5 cm³/mol. The fraction of sp³-hybridized carbons (Fsp3) is 0.462. The second-order valence-corrected chi connectivity index (χ2v) is 7.78. The van der Waals surface area contributed by atoms with Crippen molar-refractivity contribution in [2.24, 2.45) is 5.92 Å². The Labute approximate surface area is 134 Å². The molecule has 0 unspecified atom stereocenters. The summed E-state index contributed by atoms with van der Waals surface area (Å²) in [6, 6.07) is 3.71. The summed E-state index contributed by atoms with van der Waals surface area (Å²) in [5, 5.41) is 2.76. The van der Waals surface area contributed by atoms with Gasteiger partial charge in [0.2, 0.25) is 0 Å². The van der Waals surface area contributed by atoms with Gasteiger partial charge < -0.3 is 10.1 Å². The van der Waals surface area contributed by atoms with Gasteiger partial charge in [-0.3, -0.25) is 4.79 Å². The molecule has 0 aliphatic heterocycles. The maximum Gasteiger partial charge on any atom is 0.261 e. The maximum atomic E-state index is 12.0. The van der Waals surface area contributed by atoms with Crippen molar-refractivity contribution < 1.29 is 17.9 Å². The van der Waals surface area contributed by atoms with Crippen LogP contribution in [0.2, 0.25) is 5.02 Å². The summed E-state index contributed by atoms with van der Waals surface area (Å²) < 4.78 is 27.8. The molecule has 0 bridgehead atoms. The monoisotopic (exact) mass is 353 g/mol. The van der Waals surface area contributed by atoms with E-state index >= 15 is 0 Å². The molecule has 0 heterocycles. The zero-order valence-corrected chi connectivity index (χ0v) is 14.1. The van der Waals surface area contributed by atoms with Crippen molar-refractivity contribution >= 4 is 37.2 Å². The summed E-state index contributed by atoms with van der Waals surface area (Å²) in [5.74, 6) is -0.0592. The average Bonchev–Trinajstić information content (AvgIpc) is 2.36. The third-order valence-electron chi connectivity index (χ3n) is 2.45. The third kappa shape index (κ3) is 6.22. The Morgan fingerprint density at radius 1 is 1.38 bits per heavy atom. The van der Waals surface area contributed by atoms with E-state index in [0.29, 0.717) is 25.7 Å². The highest BCUT2D eigenvalue weighted by Crippen LogP contribution is 2.22. The predicted octanol–water partition coefficient (Wildman–Crippen LogP) is 2.67. The first-order chi connectivity index (χ1) is 9.71.